The maximum Gasteiger partial charge on any atom is 0.108 e. The van der Waals surface area contributed by atoms with Crippen molar-refractivity contribution >= 4 is 28.0 Å². The third-order valence-corrected chi connectivity index (χ3v) is 9.14. The van der Waals surface area contributed by atoms with Gasteiger partial charge in [0.15, 0.2) is 0 Å². The monoisotopic (exact) mass is 682 g/mol. The van der Waals surface area contributed by atoms with Crippen LogP contribution >= 0.6 is 0 Å². The standard InChI is InChI=1S/C24H20B.C16H36N.4C2H6/c1-5-13-21(14-6-1)25(22-15-7-2-8-16-22,23-17-9-3-10-18-23)24-19-11-4-12-20-24;1-5-9-13-17(14-10-6-2,15-11-7-3)16-12-8-4;4*1-2/h1-20H;5-16H2,1-4H3;4*1-2H3/q-1;+1;;;;. The number of rotatable bonds is 16. The van der Waals surface area contributed by atoms with Crippen molar-refractivity contribution in [2.45, 2.75) is 134 Å². The second-order valence-corrected chi connectivity index (χ2v) is 12.2. The SMILES string of the molecule is CC.CC.CC.CC.CCCC[N+](CCCC)(CCCC)CCCC.c1ccc([B-](c2ccccc2)(c2ccccc2)c2ccccc2)cc1. The molecule has 0 N–H and O–H groups in total. The first kappa shape index (κ1) is 49.0. The summed E-state index contributed by atoms with van der Waals surface area (Å²) in [4.78, 5) is 0. The molecule has 0 radical (unpaired) electrons. The zero-order chi connectivity index (χ0) is 37.9. The van der Waals surface area contributed by atoms with Crippen LogP contribution in [0.1, 0.15) is 134 Å². The van der Waals surface area contributed by atoms with E-state index >= 15 is 0 Å². The molecule has 50 heavy (non-hydrogen) atoms. The lowest BCUT2D eigenvalue weighted by molar-refractivity contribution is -0.929. The smallest absolute Gasteiger partial charge is 0.108 e. The summed E-state index contributed by atoms with van der Waals surface area (Å²) in [5.41, 5.74) is 5.36. The highest BCUT2D eigenvalue weighted by Gasteiger charge is 2.31. The van der Waals surface area contributed by atoms with Crippen LogP contribution in [0.2, 0.25) is 0 Å². The Hall–Kier alpha value is -3.10. The maximum atomic E-state index is 2.33. The first-order chi connectivity index (χ1) is 24.7. The van der Waals surface area contributed by atoms with Crippen LogP contribution < -0.4 is 21.9 Å². The van der Waals surface area contributed by atoms with Crippen LogP contribution in [0.25, 0.3) is 0 Å². The fraction of sp³-hybridized carbons (Fsp3) is 0.500. The van der Waals surface area contributed by atoms with Crippen molar-refractivity contribution in [1.29, 1.82) is 0 Å². The summed E-state index contributed by atoms with van der Waals surface area (Å²) in [7, 11) is 0. The van der Waals surface area contributed by atoms with E-state index in [1.54, 1.807) is 0 Å². The Morgan fingerprint density at radius 3 is 0.660 bits per heavy atom. The van der Waals surface area contributed by atoms with Gasteiger partial charge in [0.1, 0.15) is 6.15 Å². The lowest BCUT2D eigenvalue weighted by Crippen LogP contribution is -2.74. The molecule has 0 unspecified atom stereocenters. The molecule has 0 saturated heterocycles. The molecule has 0 spiro atoms. The van der Waals surface area contributed by atoms with Crippen molar-refractivity contribution in [3.05, 3.63) is 121 Å². The summed E-state index contributed by atoms with van der Waals surface area (Å²) in [5, 5.41) is 0. The van der Waals surface area contributed by atoms with Gasteiger partial charge >= 0.3 is 0 Å². The first-order valence-corrected chi connectivity index (χ1v) is 20.9. The van der Waals surface area contributed by atoms with Gasteiger partial charge in [-0.15, -0.1) is 0 Å². The summed E-state index contributed by atoms with van der Waals surface area (Å²) < 4.78 is 1.42. The minimum Gasteiger partial charge on any atom is -0.324 e. The van der Waals surface area contributed by atoms with E-state index in [1.807, 2.05) is 55.4 Å². The minimum absolute atomic E-state index is 1.22. The summed E-state index contributed by atoms with van der Waals surface area (Å²) in [6.45, 7) is 31.0. The molecule has 0 aliphatic carbocycles. The van der Waals surface area contributed by atoms with Crippen molar-refractivity contribution in [3.63, 3.8) is 0 Å². The fourth-order valence-electron chi connectivity index (χ4n) is 6.77. The number of benzene rings is 4. The average Bonchev–Trinajstić information content (AvgIpc) is 3.22. The molecule has 0 saturated carbocycles. The van der Waals surface area contributed by atoms with Crippen molar-refractivity contribution < 1.29 is 4.48 Å². The molecule has 0 atom stereocenters. The second-order valence-electron chi connectivity index (χ2n) is 12.2. The second kappa shape index (κ2) is 33.1. The Morgan fingerprint density at radius 1 is 0.320 bits per heavy atom. The van der Waals surface area contributed by atoms with Gasteiger partial charge in [0.2, 0.25) is 0 Å². The van der Waals surface area contributed by atoms with Gasteiger partial charge in [-0.3, -0.25) is 0 Å². The number of quaternary nitrogens is 1. The molecule has 0 aromatic heterocycles. The van der Waals surface area contributed by atoms with Gasteiger partial charge < -0.3 is 4.48 Å². The molecule has 0 amide bonds. The van der Waals surface area contributed by atoms with Crippen molar-refractivity contribution in [2.24, 2.45) is 0 Å². The van der Waals surface area contributed by atoms with Crippen LogP contribution in [0.15, 0.2) is 121 Å². The number of unbranched alkanes of at least 4 members (excludes halogenated alkanes) is 4. The molecular formula is C48H80BN. The molecule has 0 bridgehead atoms. The average molecular weight is 682 g/mol. The maximum absolute atomic E-state index is 2.33. The molecule has 4 rings (SSSR count). The van der Waals surface area contributed by atoms with E-state index in [4.69, 9.17) is 0 Å². The zero-order valence-corrected chi connectivity index (χ0v) is 35.1. The topological polar surface area (TPSA) is 0 Å². The predicted molar refractivity (Wildman–Crippen MR) is 235 cm³/mol. The van der Waals surface area contributed by atoms with E-state index in [0.717, 1.165) is 0 Å². The molecule has 1 nitrogen and oxygen atoms in total. The summed E-state index contributed by atoms with van der Waals surface area (Å²) >= 11 is 0. The van der Waals surface area contributed by atoms with Crippen LogP contribution in [0, 0.1) is 0 Å². The van der Waals surface area contributed by atoms with Crippen LogP contribution in [0.3, 0.4) is 0 Å². The van der Waals surface area contributed by atoms with Gasteiger partial charge in [-0.2, -0.15) is 21.9 Å². The van der Waals surface area contributed by atoms with Gasteiger partial charge in [-0.25, -0.2) is 0 Å². The van der Waals surface area contributed by atoms with E-state index in [2.05, 4.69) is 149 Å². The largest absolute Gasteiger partial charge is 0.324 e. The molecule has 280 valence electrons. The van der Waals surface area contributed by atoms with Gasteiger partial charge in [0.05, 0.1) is 26.2 Å². The van der Waals surface area contributed by atoms with Crippen LogP contribution in [-0.2, 0) is 0 Å². The number of hydrogen-bond donors (Lipinski definition) is 0. The Labute approximate surface area is 313 Å². The highest BCUT2D eigenvalue weighted by atomic mass is 15.3. The molecule has 0 fully saturated rings. The van der Waals surface area contributed by atoms with Crippen LogP contribution in [-0.4, -0.2) is 36.8 Å². The third-order valence-electron chi connectivity index (χ3n) is 9.14. The van der Waals surface area contributed by atoms with Gasteiger partial charge in [-0.1, -0.05) is 230 Å². The van der Waals surface area contributed by atoms with E-state index in [9.17, 15) is 0 Å². The van der Waals surface area contributed by atoms with Crippen molar-refractivity contribution in [1.82, 2.24) is 0 Å². The molecule has 4 aromatic rings. The predicted octanol–water partition coefficient (Wildman–Crippen LogP) is 12.2. The molecular weight excluding hydrogens is 601 g/mol. The lowest BCUT2D eigenvalue weighted by Gasteiger charge is -2.44. The quantitative estimate of drug-likeness (QED) is 0.0816. The molecule has 0 aliphatic heterocycles. The Kier molecular flexibility index (Phi) is 32.4. The van der Waals surface area contributed by atoms with Crippen molar-refractivity contribution in [3.8, 4) is 0 Å². The van der Waals surface area contributed by atoms with E-state index in [0.29, 0.717) is 0 Å². The minimum atomic E-state index is -1.22. The summed E-state index contributed by atoms with van der Waals surface area (Å²) in [5.74, 6) is 0. The Bertz CT molecular complexity index is 1010. The van der Waals surface area contributed by atoms with Crippen LogP contribution in [0.5, 0.6) is 0 Å². The van der Waals surface area contributed by atoms with Gasteiger partial charge in [0, 0.05) is 0 Å². The van der Waals surface area contributed by atoms with Gasteiger partial charge in [0.25, 0.3) is 0 Å². The Morgan fingerprint density at radius 2 is 0.500 bits per heavy atom. The fourth-order valence-corrected chi connectivity index (χ4v) is 6.77. The van der Waals surface area contributed by atoms with Crippen LogP contribution in [0.4, 0.5) is 0 Å². The molecule has 4 aromatic carbocycles. The number of nitrogens with zero attached hydrogens (tertiary/aromatic N) is 1. The molecule has 0 heterocycles. The summed E-state index contributed by atoms with van der Waals surface area (Å²) in [6, 6.07) is 43.5. The van der Waals surface area contributed by atoms with Crippen molar-refractivity contribution in [2.75, 3.05) is 26.2 Å². The number of hydrogen-bond acceptors (Lipinski definition) is 0. The highest BCUT2D eigenvalue weighted by Crippen LogP contribution is 2.16. The molecule has 0 aliphatic rings. The Balaban J connectivity index is 0. The highest BCUT2D eigenvalue weighted by molar-refractivity contribution is 7.19. The zero-order valence-electron chi connectivity index (χ0n) is 35.1. The van der Waals surface area contributed by atoms with Gasteiger partial charge in [-0.05, 0) is 25.7 Å². The summed E-state index contributed by atoms with van der Waals surface area (Å²) in [6.07, 6.45) is 9.85. The van der Waals surface area contributed by atoms with E-state index in [-0.39, 0.29) is 0 Å². The van der Waals surface area contributed by atoms with E-state index in [1.165, 1.54) is 104 Å². The van der Waals surface area contributed by atoms with E-state index < -0.39 is 6.15 Å². The third kappa shape index (κ3) is 16.3. The lowest BCUT2D eigenvalue weighted by atomic mass is 9.13. The molecule has 2 heteroatoms. The normalized spacial score (nSPS) is 10.2. The first-order valence-electron chi connectivity index (χ1n) is 20.9.